The van der Waals surface area contributed by atoms with Gasteiger partial charge < -0.3 is 4.74 Å². The Labute approximate surface area is 83.4 Å². The smallest absolute Gasteiger partial charge is 0.394 e. The highest BCUT2D eigenvalue weighted by molar-refractivity contribution is 5.26. The zero-order chi connectivity index (χ0) is 10.8. The molecule has 2 aliphatic rings. The largest absolute Gasteiger partial charge is 0.433 e. The first-order valence-electron chi connectivity index (χ1n) is 5.01. The number of halogens is 2. The molecule has 0 spiro atoms. The molecule has 2 unspecified atom stereocenters. The van der Waals surface area contributed by atoms with Crippen LogP contribution < -0.4 is 0 Å². The van der Waals surface area contributed by atoms with Crippen molar-refractivity contribution >= 4 is 0 Å². The zero-order valence-corrected chi connectivity index (χ0v) is 8.76. The normalized spacial score (nSPS) is 28.2. The van der Waals surface area contributed by atoms with E-state index in [-0.39, 0.29) is 0 Å². The molecule has 0 aromatic carbocycles. The number of hydrogen-bond donors (Lipinski definition) is 0. The molecule has 0 amide bonds. The Kier molecular flexibility index (Phi) is 3.29. The van der Waals surface area contributed by atoms with Gasteiger partial charge in [0.25, 0.3) is 0 Å². The standard InChI is InChI=1S/C9H10F2O.C2H6/c1-9(10,11)12-8-3-2-6-4-7(6)5-8;1-2/h2-3,5-7H,4H2,1H3;1-2H3. The summed E-state index contributed by atoms with van der Waals surface area (Å²) in [5.41, 5.74) is 0. The van der Waals surface area contributed by atoms with Crippen molar-refractivity contribution in [2.24, 2.45) is 11.8 Å². The molecule has 80 valence electrons. The highest BCUT2D eigenvalue weighted by Gasteiger charge is 2.36. The predicted molar refractivity (Wildman–Crippen MR) is 51.9 cm³/mol. The zero-order valence-electron chi connectivity index (χ0n) is 8.76. The second-order valence-corrected chi connectivity index (χ2v) is 3.40. The molecule has 1 fully saturated rings. The van der Waals surface area contributed by atoms with Crippen LogP contribution in [0.4, 0.5) is 8.78 Å². The number of alkyl halides is 2. The van der Waals surface area contributed by atoms with Gasteiger partial charge in [-0.25, -0.2) is 0 Å². The topological polar surface area (TPSA) is 9.23 Å². The molecule has 0 aromatic rings. The first-order chi connectivity index (χ1) is 6.54. The van der Waals surface area contributed by atoms with Crippen LogP contribution in [-0.4, -0.2) is 6.11 Å². The molecule has 0 N–H and O–H groups in total. The first-order valence-corrected chi connectivity index (χ1v) is 5.01. The molecule has 2 rings (SSSR count). The van der Waals surface area contributed by atoms with Gasteiger partial charge in [-0.2, -0.15) is 8.78 Å². The van der Waals surface area contributed by atoms with Gasteiger partial charge in [0.1, 0.15) is 5.76 Å². The van der Waals surface area contributed by atoms with Gasteiger partial charge in [0, 0.05) is 6.92 Å². The van der Waals surface area contributed by atoms with Crippen molar-refractivity contribution in [2.75, 3.05) is 0 Å². The molecule has 1 saturated carbocycles. The third-order valence-corrected chi connectivity index (χ3v) is 2.07. The van der Waals surface area contributed by atoms with Crippen molar-refractivity contribution in [1.29, 1.82) is 0 Å². The van der Waals surface area contributed by atoms with Crippen LogP contribution in [0.3, 0.4) is 0 Å². The number of rotatable bonds is 2. The van der Waals surface area contributed by atoms with Gasteiger partial charge in [0.2, 0.25) is 0 Å². The van der Waals surface area contributed by atoms with Gasteiger partial charge in [-0.3, -0.25) is 0 Å². The van der Waals surface area contributed by atoms with Gasteiger partial charge >= 0.3 is 6.11 Å². The Hall–Kier alpha value is -0.860. The molecule has 1 nitrogen and oxygen atoms in total. The average Bonchev–Trinajstić information content (AvgIpc) is 2.83. The van der Waals surface area contributed by atoms with Crippen molar-refractivity contribution in [3.05, 3.63) is 24.0 Å². The molecule has 2 atom stereocenters. The van der Waals surface area contributed by atoms with Crippen LogP contribution in [-0.2, 0) is 4.74 Å². The highest BCUT2D eigenvalue weighted by atomic mass is 19.3. The Morgan fingerprint density at radius 2 is 2.00 bits per heavy atom. The lowest BCUT2D eigenvalue weighted by Gasteiger charge is -2.14. The van der Waals surface area contributed by atoms with Crippen molar-refractivity contribution in [2.45, 2.75) is 33.3 Å². The fourth-order valence-electron chi connectivity index (χ4n) is 1.41. The summed E-state index contributed by atoms with van der Waals surface area (Å²) in [4.78, 5) is 0. The minimum atomic E-state index is -3.06. The van der Waals surface area contributed by atoms with Crippen LogP contribution in [0.25, 0.3) is 0 Å². The second-order valence-electron chi connectivity index (χ2n) is 3.40. The lowest BCUT2D eigenvalue weighted by molar-refractivity contribution is -0.195. The van der Waals surface area contributed by atoms with Crippen LogP contribution in [0.15, 0.2) is 24.0 Å². The van der Waals surface area contributed by atoms with Gasteiger partial charge in [-0.15, -0.1) is 0 Å². The summed E-state index contributed by atoms with van der Waals surface area (Å²) < 4.78 is 29.1. The van der Waals surface area contributed by atoms with Crippen LogP contribution in [0.5, 0.6) is 0 Å². The highest BCUT2D eigenvalue weighted by Crippen LogP contribution is 2.44. The molecule has 0 bridgehead atoms. The van der Waals surface area contributed by atoms with E-state index in [1.165, 1.54) is 0 Å². The number of ether oxygens (including phenoxy) is 1. The van der Waals surface area contributed by atoms with Gasteiger partial charge in [-0.1, -0.05) is 19.9 Å². The van der Waals surface area contributed by atoms with E-state index in [9.17, 15) is 8.78 Å². The maximum Gasteiger partial charge on any atom is 0.394 e. The molecule has 0 saturated heterocycles. The van der Waals surface area contributed by atoms with Crippen LogP contribution in [0, 0.1) is 11.8 Å². The summed E-state index contributed by atoms with van der Waals surface area (Å²) in [6.45, 7) is 4.75. The summed E-state index contributed by atoms with van der Waals surface area (Å²) >= 11 is 0. The van der Waals surface area contributed by atoms with Crippen LogP contribution in [0.1, 0.15) is 27.2 Å². The third-order valence-electron chi connectivity index (χ3n) is 2.07. The van der Waals surface area contributed by atoms with Crippen molar-refractivity contribution in [3.8, 4) is 0 Å². The number of allylic oxidation sites excluding steroid dienone is 3. The van der Waals surface area contributed by atoms with Crippen molar-refractivity contribution in [1.82, 2.24) is 0 Å². The summed E-state index contributed by atoms with van der Waals surface area (Å²) in [6, 6.07) is 0. The Bertz CT molecular complexity index is 251. The van der Waals surface area contributed by atoms with Gasteiger partial charge in [0.15, 0.2) is 0 Å². The molecule has 0 aromatic heterocycles. The maximum atomic E-state index is 12.4. The summed E-state index contributed by atoms with van der Waals surface area (Å²) in [7, 11) is 0. The van der Waals surface area contributed by atoms with Crippen LogP contribution >= 0.6 is 0 Å². The minimum Gasteiger partial charge on any atom is -0.433 e. The van der Waals surface area contributed by atoms with E-state index in [0.717, 1.165) is 13.3 Å². The summed E-state index contributed by atoms with van der Waals surface area (Å²) in [5.74, 6) is 1.34. The van der Waals surface area contributed by atoms with Crippen LogP contribution in [0.2, 0.25) is 0 Å². The Balaban J connectivity index is 0.000000461. The quantitative estimate of drug-likeness (QED) is 0.663. The molecule has 0 radical (unpaired) electrons. The van der Waals surface area contributed by atoms with E-state index in [0.29, 0.717) is 17.6 Å². The lowest BCUT2D eigenvalue weighted by atomic mass is 10.2. The maximum absolute atomic E-state index is 12.4. The average molecular weight is 202 g/mol. The number of fused-ring (bicyclic) bond motifs is 1. The summed E-state index contributed by atoms with van der Waals surface area (Å²) in [5, 5.41) is 0. The summed E-state index contributed by atoms with van der Waals surface area (Å²) in [6.07, 6.45) is 3.37. The molecule has 14 heavy (non-hydrogen) atoms. The van der Waals surface area contributed by atoms with E-state index < -0.39 is 6.11 Å². The minimum absolute atomic E-state index is 0.307. The molecular weight excluding hydrogens is 186 g/mol. The van der Waals surface area contributed by atoms with E-state index in [1.807, 2.05) is 19.9 Å². The second kappa shape index (κ2) is 4.11. The lowest BCUT2D eigenvalue weighted by Crippen LogP contribution is -2.14. The van der Waals surface area contributed by atoms with E-state index in [4.69, 9.17) is 0 Å². The molecule has 3 heteroatoms. The molecule has 2 aliphatic carbocycles. The monoisotopic (exact) mass is 202 g/mol. The molecule has 0 heterocycles. The van der Waals surface area contributed by atoms with Gasteiger partial charge in [0.05, 0.1) is 0 Å². The SMILES string of the molecule is CC.CC(F)(F)OC1=CC2CC2C=C1. The van der Waals surface area contributed by atoms with E-state index in [1.54, 1.807) is 12.2 Å². The van der Waals surface area contributed by atoms with Crippen molar-refractivity contribution in [3.63, 3.8) is 0 Å². The number of hydrogen-bond acceptors (Lipinski definition) is 1. The fraction of sp³-hybridized carbons (Fsp3) is 0.636. The Morgan fingerprint density at radius 1 is 1.36 bits per heavy atom. The molecule has 0 aliphatic heterocycles. The van der Waals surface area contributed by atoms with E-state index >= 15 is 0 Å². The van der Waals surface area contributed by atoms with E-state index in [2.05, 4.69) is 4.74 Å². The first kappa shape index (κ1) is 11.2. The fourth-order valence-corrected chi connectivity index (χ4v) is 1.41. The molecular formula is C11H16F2O. The van der Waals surface area contributed by atoms with Gasteiger partial charge in [-0.05, 0) is 30.4 Å². The van der Waals surface area contributed by atoms with Crippen molar-refractivity contribution < 1.29 is 13.5 Å². The Morgan fingerprint density at radius 3 is 2.50 bits per heavy atom. The third kappa shape index (κ3) is 3.13. The predicted octanol–water partition coefficient (Wildman–Crippen LogP) is 3.73.